The zero-order valence-corrected chi connectivity index (χ0v) is 22.8. The Labute approximate surface area is 208 Å². The number of rotatable bonds is 20. The van der Waals surface area contributed by atoms with Gasteiger partial charge in [-0.3, -0.25) is 9.59 Å². The van der Waals surface area contributed by atoms with Crippen LogP contribution in [0.2, 0.25) is 0 Å². The molecule has 0 saturated heterocycles. The molecule has 0 bridgehead atoms. The molecule has 0 saturated carbocycles. The summed E-state index contributed by atoms with van der Waals surface area (Å²) >= 11 is 0. The van der Waals surface area contributed by atoms with Crippen LogP contribution in [0.3, 0.4) is 0 Å². The molecule has 0 aliphatic carbocycles. The fourth-order valence-electron chi connectivity index (χ4n) is 3.78. The second kappa shape index (κ2) is 17.9. The highest BCUT2D eigenvalue weighted by molar-refractivity contribution is 5.73. The number of nitrogens with zero attached hydrogens (tertiary/aromatic N) is 1. The van der Waals surface area contributed by atoms with Crippen molar-refractivity contribution in [2.24, 2.45) is 0 Å². The van der Waals surface area contributed by atoms with Gasteiger partial charge in [0.2, 0.25) is 0 Å². The molecule has 0 aromatic heterocycles. The van der Waals surface area contributed by atoms with Crippen LogP contribution in [0.4, 0.5) is 11.4 Å². The van der Waals surface area contributed by atoms with Crippen LogP contribution in [0.25, 0.3) is 0 Å². The number of anilines is 2. The van der Waals surface area contributed by atoms with Gasteiger partial charge < -0.3 is 39.1 Å². The molecule has 6 heteroatoms. The standard InChI is InChI=1S/C25H47N3O2.HI/c1-5-6-7-8-9-10-11-12-13-14-15-16-17-18-19-26-22-23(25(30)24(22)29)27-20-21-28(2,3)4;/h5-21H2,1-4H3,(H-,26,27,29,30);1H. The van der Waals surface area contributed by atoms with Gasteiger partial charge in [0.25, 0.3) is 10.9 Å². The summed E-state index contributed by atoms with van der Waals surface area (Å²) in [5.74, 6) is 0. The molecule has 1 rings (SSSR count). The molecule has 0 heterocycles. The van der Waals surface area contributed by atoms with E-state index in [1.165, 1.54) is 83.5 Å². The van der Waals surface area contributed by atoms with E-state index in [0.29, 0.717) is 17.9 Å². The second-order valence-corrected chi connectivity index (χ2v) is 9.87. The van der Waals surface area contributed by atoms with Crippen molar-refractivity contribution in [3.8, 4) is 0 Å². The van der Waals surface area contributed by atoms with E-state index in [1.54, 1.807) is 0 Å². The van der Waals surface area contributed by atoms with Gasteiger partial charge in [-0.1, -0.05) is 90.4 Å². The Morgan fingerprint density at radius 3 is 1.32 bits per heavy atom. The highest BCUT2D eigenvalue weighted by Gasteiger charge is 2.20. The van der Waals surface area contributed by atoms with Crippen molar-refractivity contribution < 1.29 is 28.5 Å². The number of unbranched alkanes of at least 4 members (excludes halogenated alkanes) is 13. The van der Waals surface area contributed by atoms with Crippen molar-refractivity contribution >= 4 is 11.4 Å². The third kappa shape index (κ3) is 14.2. The quantitative estimate of drug-likeness (QED) is 0.114. The summed E-state index contributed by atoms with van der Waals surface area (Å²) in [5.41, 5.74) is 0.239. The first-order valence-electron chi connectivity index (χ1n) is 12.5. The maximum atomic E-state index is 11.8. The summed E-state index contributed by atoms with van der Waals surface area (Å²) < 4.78 is 0.824. The van der Waals surface area contributed by atoms with E-state index in [0.717, 1.165) is 24.0 Å². The fraction of sp³-hybridized carbons (Fsp3) is 0.840. The highest BCUT2D eigenvalue weighted by atomic mass is 127. The van der Waals surface area contributed by atoms with E-state index >= 15 is 0 Å². The Morgan fingerprint density at radius 1 is 0.581 bits per heavy atom. The zero-order valence-electron chi connectivity index (χ0n) is 20.7. The summed E-state index contributed by atoms with van der Waals surface area (Å²) in [4.78, 5) is 23.6. The van der Waals surface area contributed by atoms with E-state index < -0.39 is 0 Å². The highest BCUT2D eigenvalue weighted by Crippen LogP contribution is 2.15. The third-order valence-electron chi connectivity index (χ3n) is 5.83. The molecule has 1 aromatic rings. The van der Waals surface area contributed by atoms with Gasteiger partial charge in [0.15, 0.2) is 0 Å². The van der Waals surface area contributed by atoms with Gasteiger partial charge in [0.05, 0.1) is 34.2 Å². The first kappa shape index (κ1) is 30.4. The van der Waals surface area contributed by atoms with Gasteiger partial charge in [-0.25, -0.2) is 0 Å². The molecule has 0 atom stereocenters. The monoisotopic (exact) mass is 549 g/mol. The van der Waals surface area contributed by atoms with Crippen LogP contribution in [0.15, 0.2) is 9.59 Å². The summed E-state index contributed by atoms with van der Waals surface area (Å²) in [6.45, 7) is 4.64. The van der Waals surface area contributed by atoms with Crippen molar-refractivity contribution in [2.45, 2.75) is 96.8 Å². The van der Waals surface area contributed by atoms with E-state index in [1.807, 2.05) is 0 Å². The van der Waals surface area contributed by atoms with E-state index in [-0.39, 0.29) is 34.8 Å². The van der Waals surface area contributed by atoms with Crippen molar-refractivity contribution in [1.29, 1.82) is 0 Å². The number of hydrogen-bond donors (Lipinski definition) is 2. The smallest absolute Gasteiger partial charge is 0.253 e. The molecule has 0 fully saturated rings. The van der Waals surface area contributed by atoms with E-state index in [2.05, 4.69) is 38.7 Å². The first-order chi connectivity index (χ1) is 14.4. The van der Waals surface area contributed by atoms with Crippen LogP contribution < -0.4 is 45.5 Å². The van der Waals surface area contributed by atoms with Crippen LogP contribution in [0.1, 0.15) is 96.8 Å². The molecule has 0 unspecified atom stereocenters. The number of likely N-dealkylation sites (N-methyl/N-ethyl adjacent to an activating group) is 1. The van der Waals surface area contributed by atoms with E-state index in [9.17, 15) is 9.59 Å². The average Bonchev–Trinajstić information content (AvgIpc) is 2.70. The van der Waals surface area contributed by atoms with Crippen LogP contribution in [-0.2, 0) is 0 Å². The van der Waals surface area contributed by atoms with Crippen LogP contribution in [-0.4, -0.2) is 45.3 Å². The van der Waals surface area contributed by atoms with Gasteiger partial charge in [-0.05, 0) is 6.42 Å². The summed E-state index contributed by atoms with van der Waals surface area (Å²) in [5, 5.41) is 6.32. The normalized spacial score (nSPS) is 11.5. The minimum atomic E-state index is -0.375. The molecule has 1 aromatic carbocycles. The van der Waals surface area contributed by atoms with Gasteiger partial charge in [-0.2, -0.15) is 0 Å². The number of hydrogen-bond acceptors (Lipinski definition) is 4. The molecule has 182 valence electrons. The Balaban J connectivity index is 0.00000900. The lowest BCUT2D eigenvalue weighted by Gasteiger charge is -2.24. The number of nitrogens with one attached hydrogen (secondary N) is 2. The van der Waals surface area contributed by atoms with Crippen LogP contribution in [0.5, 0.6) is 0 Å². The minimum Gasteiger partial charge on any atom is -1.00 e. The summed E-state index contributed by atoms with van der Waals surface area (Å²) in [6, 6.07) is 0. The molecule has 2 N–H and O–H groups in total. The Morgan fingerprint density at radius 2 is 0.935 bits per heavy atom. The van der Waals surface area contributed by atoms with Gasteiger partial charge in [0.1, 0.15) is 11.4 Å². The Hall–Kier alpha value is -0.630. The van der Waals surface area contributed by atoms with Crippen LogP contribution in [0, 0.1) is 0 Å². The largest absolute Gasteiger partial charge is 1.00 e. The molecule has 0 aliphatic heterocycles. The SMILES string of the molecule is CCCCCCCCCCCCCCCCNc1c(NCC[N+](C)(C)C)c(=O)c1=O.[I-]. The Bertz CT molecular complexity index is 633. The van der Waals surface area contributed by atoms with Crippen LogP contribution >= 0.6 is 0 Å². The van der Waals surface area contributed by atoms with Crippen molar-refractivity contribution in [1.82, 2.24) is 0 Å². The van der Waals surface area contributed by atoms with Gasteiger partial charge >= 0.3 is 0 Å². The van der Waals surface area contributed by atoms with Gasteiger partial charge in [-0.15, -0.1) is 0 Å². The van der Waals surface area contributed by atoms with E-state index in [4.69, 9.17) is 0 Å². The maximum absolute atomic E-state index is 11.8. The average molecular weight is 550 g/mol. The van der Waals surface area contributed by atoms with Crippen molar-refractivity contribution in [3.63, 3.8) is 0 Å². The fourth-order valence-corrected chi connectivity index (χ4v) is 3.78. The predicted molar refractivity (Wildman–Crippen MR) is 132 cm³/mol. The molecule has 0 radical (unpaired) electrons. The topological polar surface area (TPSA) is 58.2 Å². The Kier molecular flexibility index (Phi) is 17.5. The molecule has 0 aliphatic rings. The summed E-state index contributed by atoms with van der Waals surface area (Å²) in [6.07, 6.45) is 18.7. The maximum Gasteiger partial charge on any atom is 0.253 e. The number of halogens is 1. The van der Waals surface area contributed by atoms with Gasteiger partial charge in [0, 0.05) is 6.54 Å². The molecule has 31 heavy (non-hydrogen) atoms. The van der Waals surface area contributed by atoms with Crippen molar-refractivity contribution in [3.05, 3.63) is 20.4 Å². The lowest BCUT2D eigenvalue weighted by Crippen LogP contribution is -3.00. The number of quaternary nitrogens is 1. The summed E-state index contributed by atoms with van der Waals surface area (Å²) in [7, 11) is 6.33. The lowest BCUT2D eigenvalue weighted by molar-refractivity contribution is -0.868. The minimum absolute atomic E-state index is 0. The lowest BCUT2D eigenvalue weighted by atomic mass is 10.0. The molecule has 0 spiro atoms. The molecule has 0 amide bonds. The molecule has 5 nitrogen and oxygen atoms in total. The molecular weight excluding hydrogens is 501 g/mol. The van der Waals surface area contributed by atoms with Crippen molar-refractivity contribution in [2.75, 3.05) is 51.4 Å². The zero-order chi connectivity index (χ0) is 22.2. The predicted octanol–water partition coefficient (Wildman–Crippen LogP) is 2.30. The first-order valence-corrected chi connectivity index (χ1v) is 12.5. The molecular formula is C25H48IN3O2. The second-order valence-electron chi connectivity index (χ2n) is 9.87. The third-order valence-corrected chi connectivity index (χ3v) is 5.83.